The van der Waals surface area contributed by atoms with Gasteiger partial charge in [0.05, 0.1) is 19.8 Å². The van der Waals surface area contributed by atoms with E-state index in [4.69, 9.17) is 19.9 Å². The number of aromatic nitrogens is 2. The molecule has 0 aliphatic carbocycles. The van der Waals surface area contributed by atoms with Gasteiger partial charge in [-0.05, 0) is 6.42 Å². The molecule has 0 aromatic carbocycles. The third kappa shape index (κ3) is 2.89. The number of nitrogens with two attached hydrogens (primary N) is 1. The first kappa shape index (κ1) is 14.3. The second kappa shape index (κ2) is 6.03. The maximum absolute atomic E-state index is 6.15. The molecule has 1 aromatic rings. The van der Waals surface area contributed by atoms with Gasteiger partial charge in [0.25, 0.3) is 0 Å². The molecule has 0 atom stereocenters. The highest BCUT2D eigenvalue weighted by Gasteiger charge is 2.40. The summed E-state index contributed by atoms with van der Waals surface area (Å²) in [5.41, 5.74) is 6.66. The van der Waals surface area contributed by atoms with Crippen LogP contribution in [0.2, 0.25) is 0 Å². The third-order valence-electron chi connectivity index (χ3n) is 3.91. The van der Waals surface area contributed by atoms with Crippen LogP contribution in [0.3, 0.4) is 0 Å². The third-order valence-corrected chi connectivity index (χ3v) is 3.91. The number of piperidine rings is 1. The Morgan fingerprint density at radius 2 is 2.00 bits per heavy atom. The average Bonchev–Trinajstić information content (AvgIpc) is 2.96. The first-order valence-corrected chi connectivity index (χ1v) is 7.50. The highest BCUT2D eigenvalue weighted by atomic mass is 16.7. The molecule has 2 aliphatic rings. The minimum Gasteiger partial charge on any atom is -0.476 e. The van der Waals surface area contributed by atoms with Crippen LogP contribution in [0.25, 0.3) is 0 Å². The zero-order chi connectivity index (χ0) is 14.7. The quantitative estimate of drug-likeness (QED) is 0.893. The molecule has 1 spiro atoms. The van der Waals surface area contributed by atoms with E-state index >= 15 is 0 Å². The molecule has 7 heteroatoms. The van der Waals surface area contributed by atoms with Gasteiger partial charge in [-0.3, -0.25) is 0 Å². The minimum absolute atomic E-state index is 0.389. The summed E-state index contributed by atoms with van der Waals surface area (Å²) in [6, 6.07) is 0. The zero-order valence-corrected chi connectivity index (χ0v) is 12.4. The molecule has 1 aromatic heterocycles. The molecule has 2 N–H and O–H groups in total. The zero-order valence-electron chi connectivity index (χ0n) is 12.4. The van der Waals surface area contributed by atoms with E-state index in [1.54, 1.807) is 0 Å². The van der Waals surface area contributed by atoms with Gasteiger partial charge in [-0.15, -0.1) is 0 Å². The molecule has 0 saturated carbocycles. The van der Waals surface area contributed by atoms with Crippen molar-refractivity contribution in [2.75, 3.05) is 43.5 Å². The van der Waals surface area contributed by atoms with E-state index in [2.05, 4.69) is 14.9 Å². The van der Waals surface area contributed by atoms with Gasteiger partial charge in [0.15, 0.2) is 11.6 Å². The standard InChI is InChI=1S/C14H22N4O3/c1-2-7-19-13-11(15)12(16-10-17-13)18-5-3-14(4-6-18)20-8-9-21-14/h10H,2-9,15H2,1H3. The maximum Gasteiger partial charge on any atom is 0.242 e. The molecule has 2 fully saturated rings. The molecule has 3 heterocycles. The summed E-state index contributed by atoms with van der Waals surface area (Å²) in [4.78, 5) is 10.6. The van der Waals surface area contributed by atoms with Crippen LogP contribution >= 0.6 is 0 Å². The lowest BCUT2D eigenvalue weighted by Gasteiger charge is -2.38. The van der Waals surface area contributed by atoms with Gasteiger partial charge < -0.3 is 24.8 Å². The van der Waals surface area contributed by atoms with Crippen molar-refractivity contribution in [1.82, 2.24) is 9.97 Å². The number of nitrogen functional groups attached to an aromatic ring is 1. The van der Waals surface area contributed by atoms with Crippen molar-refractivity contribution in [3.05, 3.63) is 6.33 Å². The molecule has 116 valence electrons. The van der Waals surface area contributed by atoms with Crippen LogP contribution in [0.4, 0.5) is 11.5 Å². The summed E-state index contributed by atoms with van der Waals surface area (Å²) in [6.45, 7) is 5.62. The fraction of sp³-hybridized carbons (Fsp3) is 0.714. The lowest BCUT2D eigenvalue weighted by atomic mass is 10.0. The van der Waals surface area contributed by atoms with E-state index < -0.39 is 0 Å². The predicted octanol–water partition coefficient (Wildman–Crippen LogP) is 1.19. The van der Waals surface area contributed by atoms with Crippen LogP contribution in [-0.4, -0.2) is 48.7 Å². The molecule has 2 saturated heterocycles. The molecule has 21 heavy (non-hydrogen) atoms. The fourth-order valence-corrected chi connectivity index (χ4v) is 2.78. The van der Waals surface area contributed by atoms with E-state index in [1.807, 2.05) is 6.92 Å². The number of hydrogen-bond acceptors (Lipinski definition) is 7. The summed E-state index contributed by atoms with van der Waals surface area (Å²) in [5, 5.41) is 0. The van der Waals surface area contributed by atoms with E-state index in [1.165, 1.54) is 6.33 Å². The van der Waals surface area contributed by atoms with Crippen LogP contribution in [0, 0.1) is 0 Å². The van der Waals surface area contributed by atoms with Gasteiger partial charge in [-0.2, -0.15) is 4.98 Å². The van der Waals surface area contributed by atoms with Gasteiger partial charge in [0.1, 0.15) is 12.0 Å². The van der Waals surface area contributed by atoms with E-state index in [-0.39, 0.29) is 5.79 Å². The van der Waals surface area contributed by atoms with Crippen molar-refractivity contribution >= 4 is 11.5 Å². The first-order chi connectivity index (χ1) is 10.2. The van der Waals surface area contributed by atoms with Crippen LogP contribution < -0.4 is 15.4 Å². The summed E-state index contributed by atoms with van der Waals surface area (Å²) in [6.07, 6.45) is 4.06. The molecular weight excluding hydrogens is 272 g/mol. The molecule has 0 bridgehead atoms. The lowest BCUT2D eigenvalue weighted by molar-refractivity contribution is -0.169. The maximum atomic E-state index is 6.15. The molecule has 2 aliphatic heterocycles. The van der Waals surface area contributed by atoms with Crippen molar-refractivity contribution < 1.29 is 14.2 Å². The number of anilines is 2. The Kier molecular flexibility index (Phi) is 4.12. The number of nitrogens with zero attached hydrogens (tertiary/aromatic N) is 3. The summed E-state index contributed by atoms with van der Waals surface area (Å²) in [5.74, 6) is 0.819. The number of hydrogen-bond donors (Lipinski definition) is 1. The molecule has 7 nitrogen and oxygen atoms in total. The number of rotatable bonds is 4. The summed E-state index contributed by atoms with van der Waals surface area (Å²) >= 11 is 0. The van der Waals surface area contributed by atoms with Crippen molar-refractivity contribution in [2.24, 2.45) is 0 Å². The lowest BCUT2D eigenvalue weighted by Crippen LogP contribution is -2.45. The summed E-state index contributed by atoms with van der Waals surface area (Å²) < 4.78 is 17.0. The van der Waals surface area contributed by atoms with Crippen LogP contribution in [-0.2, 0) is 9.47 Å². The van der Waals surface area contributed by atoms with Gasteiger partial charge in [-0.1, -0.05) is 6.92 Å². The highest BCUT2D eigenvalue weighted by molar-refractivity contribution is 5.67. The van der Waals surface area contributed by atoms with Gasteiger partial charge >= 0.3 is 0 Å². The largest absolute Gasteiger partial charge is 0.476 e. The second-order valence-corrected chi connectivity index (χ2v) is 5.36. The van der Waals surface area contributed by atoms with E-state index in [9.17, 15) is 0 Å². The Morgan fingerprint density at radius 3 is 2.67 bits per heavy atom. The Morgan fingerprint density at radius 1 is 1.29 bits per heavy atom. The Labute approximate surface area is 124 Å². The summed E-state index contributed by atoms with van der Waals surface area (Å²) in [7, 11) is 0. The van der Waals surface area contributed by atoms with Gasteiger partial charge in [-0.25, -0.2) is 4.98 Å². The van der Waals surface area contributed by atoms with Crippen LogP contribution in [0.1, 0.15) is 26.2 Å². The molecule has 0 amide bonds. The molecular formula is C14H22N4O3. The van der Waals surface area contributed by atoms with Gasteiger partial charge in [0.2, 0.25) is 5.88 Å². The fourth-order valence-electron chi connectivity index (χ4n) is 2.78. The average molecular weight is 294 g/mol. The number of ether oxygens (including phenoxy) is 3. The van der Waals surface area contributed by atoms with E-state index in [0.29, 0.717) is 31.4 Å². The van der Waals surface area contributed by atoms with Crippen LogP contribution in [0.5, 0.6) is 5.88 Å². The SMILES string of the molecule is CCCOc1ncnc(N2CCC3(CC2)OCCO3)c1N. The Hall–Kier alpha value is -1.60. The normalized spacial score (nSPS) is 20.9. The van der Waals surface area contributed by atoms with Crippen LogP contribution in [0.15, 0.2) is 6.33 Å². The second-order valence-electron chi connectivity index (χ2n) is 5.36. The monoisotopic (exact) mass is 294 g/mol. The first-order valence-electron chi connectivity index (χ1n) is 7.50. The molecule has 0 radical (unpaired) electrons. The molecule has 0 unspecified atom stereocenters. The van der Waals surface area contributed by atoms with Gasteiger partial charge in [0, 0.05) is 25.9 Å². The topological polar surface area (TPSA) is 82.7 Å². The van der Waals surface area contributed by atoms with Crippen molar-refractivity contribution in [3.8, 4) is 5.88 Å². The Balaban J connectivity index is 1.70. The van der Waals surface area contributed by atoms with Crippen molar-refractivity contribution in [3.63, 3.8) is 0 Å². The predicted molar refractivity (Wildman–Crippen MR) is 78.3 cm³/mol. The smallest absolute Gasteiger partial charge is 0.242 e. The minimum atomic E-state index is -0.389. The van der Waals surface area contributed by atoms with Crippen molar-refractivity contribution in [2.45, 2.75) is 32.0 Å². The Bertz CT molecular complexity index is 481. The molecule has 3 rings (SSSR count). The van der Waals surface area contributed by atoms with Crippen molar-refractivity contribution in [1.29, 1.82) is 0 Å². The van der Waals surface area contributed by atoms with E-state index in [0.717, 1.165) is 38.2 Å². The highest BCUT2D eigenvalue weighted by Crippen LogP contribution is 2.35.